The third-order valence-electron chi connectivity index (χ3n) is 2.43. The lowest BCUT2D eigenvalue weighted by atomic mass is 10.1. The van der Waals surface area contributed by atoms with Crippen molar-refractivity contribution in [2.75, 3.05) is 0 Å². The lowest BCUT2D eigenvalue weighted by molar-refractivity contribution is 0.680. The number of rotatable bonds is 4. The monoisotopic (exact) mass is 234 g/mol. The summed E-state index contributed by atoms with van der Waals surface area (Å²) in [6, 6.07) is 4.06. The van der Waals surface area contributed by atoms with Crippen LogP contribution >= 0.6 is 34.5 Å². The highest BCUT2D eigenvalue weighted by Gasteiger charge is 2.29. The molecule has 1 unspecified atom stereocenters. The number of alkyl halides is 1. The fraction of sp³-hybridized carbons (Fsp3) is 0.600. The number of hydrogen-bond acceptors (Lipinski definition) is 1. The zero-order valence-electron chi connectivity index (χ0n) is 7.30. The predicted molar refractivity (Wildman–Crippen MR) is 60.0 cm³/mol. The molecule has 1 aliphatic carbocycles. The Bertz CT molecular complexity index is 278. The van der Waals surface area contributed by atoms with Gasteiger partial charge in [0.15, 0.2) is 0 Å². The molecule has 1 fully saturated rings. The average Bonchev–Trinajstić information content (AvgIpc) is 2.87. The Balaban J connectivity index is 1.78. The first kappa shape index (κ1) is 9.82. The highest BCUT2D eigenvalue weighted by Crippen LogP contribution is 2.38. The molecule has 3 heteroatoms. The maximum absolute atomic E-state index is 6.21. The largest absolute Gasteiger partial charge is 0.128 e. The Hall–Kier alpha value is 0.280. The van der Waals surface area contributed by atoms with Crippen LogP contribution in [-0.4, -0.2) is 5.38 Å². The summed E-state index contributed by atoms with van der Waals surface area (Å²) in [7, 11) is 0. The van der Waals surface area contributed by atoms with Crippen LogP contribution < -0.4 is 0 Å². The number of halogens is 2. The fourth-order valence-corrected chi connectivity index (χ4v) is 2.92. The van der Waals surface area contributed by atoms with Crippen molar-refractivity contribution in [2.45, 2.75) is 31.1 Å². The van der Waals surface area contributed by atoms with E-state index in [-0.39, 0.29) is 0 Å². The summed E-state index contributed by atoms with van der Waals surface area (Å²) in [5.74, 6) is 0.803. The molecule has 2 rings (SSSR count). The molecule has 0 aliphatic heterocycles. The second kappa shape index (κ2) is 4.20. The second-order valence-corrected chi connectivity index (χ2v) is 5.96. The molecule has 1 aromatic heterocycles. The molecular formula is C10H12Cl2S. The fourth-order valence-electron chi connectivity index (χ4n) is 1.46. The van der Waals surface area contributed by atoms with Crippen LogP contribution in [0, 0.1) is 5.92 Å². The van der Waals surface area contributed by atoms with Crippen LogP contribution in [-0.2, 0) is 6.42 Å². The zero-order chi connectivity index (χ0) is 9.26. The number of thiophene rings is 1. The van der Waals surface area contributed by atoms with Gasteiger partial charge < -0.3 is 0 Å². The highest BCUT2D eigenvalue weighted by molar-refractivity contribution is 7.16. The lowest BCUT2D eigenvalue weighted by Crippen LogP contribution is -2.01. The van der Waals surface area contributed by atoms with Crippen molar-refractivity contribution in [3.63, 3.8) is 0 Å². The molecule has 13 heavy (non-hydrogen) atoms. The Morgan fingerprint density at radius 1 is 1.46 bits per heavy atom. The van der Waals surface area contributed by atoms with E-state index in [1.165, 1.54) is 17.7 Å². The first-order chi connectivity index (χ1) is 6.25. The first-order valence-electron chi connectivity index (χ1n) is 4.64. The minimum absolute atomic E-state index is 0.390. The molecule has 1 heterocycles. The van der Waals surface area contributed by atoms with E-state index in [0.717, 1.165) is 23.1 Å². The van der Waals surface area contributed by atoms with Gasteiger partial charge in [0.2, 0.25) is 0 Å². The second-order valence-electron chi connectivity index (χ2n) is 3.60. The summed E-state index contributed by atoms with van der Waals surface area (Å²) >= 11 is 13.7. The standard InChI is InChI=1S/C10H12Cl2S/c11-9(7-1-2-7)5-3-8-4-6-10(12)13-8/h4,6-7,9H,1-3,5H2. The van der Waals surface area contributed by atoms with Gasteiger partial charge in [-0.15, -0.1) is 22.9 Å². The van der Waals surface area contributed by atoms with E-state index in [9.17, 15) is 0 Å². The van der Waals surface area contributed by atoms with Gasteiger partial charge in [-0.05, 0) is 43.7 Å². The van der Waals surface area contributed by atoms with Crippen molar-refractivity contribution in [2.24, 2.45) is 5.92 Å². The van der Waals surface area contributed by atoms with Crippen molar-refractivity contribution in [3.05, 3.63) is 21.3 Å². The van der Waals surface area contributed by atoms with Gasteiger partial charge >= 0.3 is 0 Å². The van der Waals surface area contributed by atoms with Crippen molar-refractivity contribution in [3.8, 4) is 0 Å². The van der Waals surface area contributed by atoms with E-state index < -0.39 is 0 Å². The van der Waals surface area contributed by atoms with Crippen LogP contribution in [0.15, 0.2) is 12.1 Å². The number of hydrogen-bond donors (Lipinski definition) is 0. The van der Waals surface area contributed by atoms with E-state index in [4.69, 9.17) is 23.2 Å². The molecule has 0 bridgehead atoms. The molecule has 1 atom stereocenters. The summed E-state index contributed by atoms with van der Waals surface area (Å²) < 4.78 is 0.882. The average molecular weight is 235 g/mol. The molecule has 1 aliphatic rings. The maximum Gasteiger partial charge on any atom is 0.0931 e. The molecule has 0 N–H and O–H groups in total. The van der Waals surface area contributed by atoms with E-state index in [0.29, 0.717) is 5.38 Å². The molecule has 0 saturated heterocycles. The van der Waals surface area contributed by atoms with Crippen molar-refractivity contribution >= 4 is 34.5 Å². The van der Waals surface area contributed by atoms with E-state index in [2.05, 4.69) is 6.07 Å². The maximum atomic E-state index is 6.21. The number of aryl methyl sites for hydroxylation is 1. The van der Waals surface area contributed by atoms with Crippen LogP contribution in [0.25, 0.3) is 0 Å². The van der Waals surface area contributed by atoms with Gasteiger partial charge in [0.25, 0.3) is 0 Å². The quantitative estimate of drug-likeness (QED) is 0.680. The van der Waals surface area contributed by atoms with E-state index in [1.54, 1.807) is 11.3 Å². The van der Waals surface area contributed by atoms with Crippen molar-refractivity contribution in [1.29, 1.82) is 0 Å². The van der Waals surface area contributed by atoms with Gasteiger partial charge in [-0.25, -0.2) is 0 Å². The third-order valence-corrected chi connectivity index (χ3v) is 4.29. The smallest absolute Gasteiger partial charge is 0.0931 e. The molecule has 0 radical (unpaired) electrons. The molecule has 1 saturated carbocycles. The first-order valence-corrected chi connectivity index (χ1v) is 6.27. The summed E-state index contributed by atoms with van der Waals surface area (Å²) in [6.07, 6.45) is 4.85. The molecule has 72 valence electrons. The van der Waals surface area contributed by atoms with Crippen LogP contribution in [0.4, 0.5) is 0 Å². The molecule has 0 nitrogen and oxygen atoms in total. The van der Waals surface area contributed by atoms with Crippen LogP contribution in [0.2, 0.25) is 4.34 Å². The predicted octanol–water partition coefficient (Wildman–Crippen LogP) is 4.35. The summed E-state index contributed by atoms with van der Waals surface area (Å²) in [5, 5.41) is 0.390. The van der Waals surface area contributed by atoms with Gasteiger partial charge in [-0.3, -0.25) is 0 Å². The topological polar surface area (TPSA) is 0 Å². The highest BCUT2D eigenvalue weighted by atomic mass is 35.5. The van der Waals surface area contributed by atoms with Gasteiger partial charge in [0.05, 0.1) is 4.34 Å². The lowest BCUT2D eigenvalue weighted by Gasteiger charge is -2.05. The van der Waals surface area contributed by atoms with Crippen LogP contribution in [0.1, 0.15) is 24.1 Å². The minimum Gasteiger partial charge on any atom is -0.128 e. The van der Waals surface area contributed by atoms with Crippen LogP contribution in [0.3, 0.4) is 0 Å². The molecule has 1 aromatic rings. The minimum atomic E-state index is 0.390. The normalized spacial score (nSPS) is 18.9. The van der Waals surface area contributed by atoms with Gasteiger partial charge in [-0.2, -0.15) is 0 Å². The molecule has 0 amide bonds. The Morgan fingerprint density at radius 3 is 2.77 bits per heavy atom. The summed E-state index contributed by atoms with van der Waals surface area (Å²) in [4.78, 5) is 1.36. The van der Waals surface area contributed by atoms with Gasteiger partial charge in [0.1, 0.15) is 0 Å². The zero-order valence-corrected chi connectivity index (χ0v) is 9.63. The van der Waals surface area contributed by atoms with Crippen molar-refractivity contribution in [1.82, 2.24) is 0 Å². The van der Waals surface area contributed by atoms with Crippen molar-refractivity contribution < 1.29 is 0 Å². The summed E-state index contributed by atoms with van der Waals surface area (Å²) in [6.45, 7) is 0. The third kappa shape index (κ3) is 2.87. The van der Waals surface area contributed by atoms with Crippen LogP contribution in [0.5, 0.6) is 0 Å². The van der Waals surface area contributed by atoms with Gasteiger partial charge in [-0.1, -0.05) is 11.6 Å². The van der Waals surface area contributed by atoms with Gasteiger partial charge in [0, 0.05) is 10.3 Å². The Labute approximate surface area is 92.9 Å². The SMILES string of the molecule is Clc1ccc(CCC(Cl)C2CC2)s1. The molecule has 0 spiro atoms. The van der Waals surface area contributed by atoms with E-state index in [1.807, 2.05) is 6.07 Å². The Kier molecular flexibility index (Phi) is 3.18. The summed E-state index contributed by atoms with van der Waals surface area (Å²) in [5.41, 5.74) is 0. The Morgan fingerprint density at radius 2 is 2.23 bits per heavy atom. The van der Waals surface area contributed by atoms with E-state index >= 15 is 0 Å². The molecule has 0 aromatic carbocycles. The molecular weight excluding hydrogens is 223 g/mol.